The molecule has 7 N–H and O–H groups in total. The molecule has 0 spiro atoms. The Hall–Kier alpha value is -9.59. The maximum absolute atomic E-state index is 14.9. The lowest BCUT2D eigenvalue weighted by Crippen LogP contribution is -2.64. The number of hydrogen-bond acceptors (Lipinski definition) is 28. The lowest BCUT2D eigenvalue weighted by molar-refractivity contribution is -0.438. The molecule has 11 rings (SSSR count). The average Bonchev–Trinajstić information content (AvgIpc) is 1.69. The first kappa shape index (κ1) is 118. The van der Waals surface area contributed by atoms with Crippen LogP contribution in [-0.2, 0) is 109 Å². The van der Waals surface area contributed by atoms with Crippen LogP contribution in [0.1, 0.15) is 248 Å². The number of rotatable bonds is 36. The Morgan fingerprint density at radius 2 is 1.22 bits per heavy atom. The van der Waals surface area contributed by atoms with E-state index in [1.807, 2.05) is 74.5 Å². The minimum absolute atomic E-state index is 0.0340. The Bertz CT molecular complexity index is 5850. The van der Waals surface area contributed by atoms with Crippen LogP contribution in [0, 0.1) is 29.6 Å². The fourth-order valence-corrected chi connectivity index (χ4v) is 21.4. The maximum atomic E-state index is 14.9. The molecule has 38 heteroatoms. The minimum Gasteiger partial charge on any atom is -0.456 e. The van der Waals surface area contributed by atoms with Gasteiger partial charge in [0.05, 0.1) is 72.2 Å². The monoisotopic (exact) mass is 2080 g/mol. The van der Waals surface area contributed by atoms with Crippen molar-refractivity contribution in [2.75, 3.05) is 98.6 Å². The van der Waals surface area contributed by atoms with Gasteiger partial charge in [-0.2, -0.15) is 21.4 Å². The number of methoxy groups -OCH3 is 3. The molecule has 2 aliphatic carbocycles. The van der Waals surface area contributed by atoms with E-state index >= 15 is 0 Å². The average molecular weight is 2080 g/mol. The van der Waals surface area contributed by atoms with E-state index in [2.05, 4.69) is 86.0 Å². The smallest absolute Gasteiger partial charge is 0.425 e. The van der Waals surface area contributed by atoms with E-state index in [1.54, 1.807) is 64.3 Å². The topological polar surface area (TPSA) is 482 Å². The fraction of sp³-hybridized carbons (Fsp3) is 0.575. The maximum Gasteiger partial charge on any atom is 0.425 e. The Labute approximate surface area is 850 Å². The number of amides is 3. The quantitative estimate of drug-likeness (QED) is 0.00555. The molecule has 4 aromatic carbocycles. The number of unbranched alkanes of at least 4 members (excludes halogenated alkanes) is 2. The lowest BCUT2D eigenvalue weighted by atomic mass is 9.79. The van der Waals surface area contributed by atoms with Crippen molar-refractivity contribution in [2.45, 2.75) is 280 Å². The molecule has 0 aromatic heterocycles. The Morgan fingerprint density at radius 1 is 0.639 bits per heavy atom. The summed E-state index contributed by atoms with van der Waals surface area (Å²) in [6.07, 6.45) is 21.4. The van der Waals surface area contributed by atoms with E-state index in [0.29, 0.717) is 140 Å². The van der Waals surface area contributed by atoms with Crippen LogP contribution in [0.5, 0.6) is 0 Å². The summed E-state index contributed by atoms with van der Waals surface area (Å²) in [6, 6.07) is 23.1. The van der Waals surface area contributed by atoms with Gasteiger partial charge in [0.25, 0.3) is 43.7 Å². The summed E-state index contributed by atoms with van der Waals surface area (Å²) in [5.74, 6) is -9.06. The minimum atomic E-state index is -4.46. The van der Waals surface area contributed by atoms with Gasteiger partial charge in [0.15, 0.2) is 5.71 Å². The first-order valence-electron chi connectivity index (χ1n) is 49.7. The van der Waals surface area contributed by atoms with Crippen molar-refractivity contribution in [2.24, 2.45) is 29.6 Å². The first-order valence-corrected chi connectivity index (χ1v) is 54.6. The summed E-state index contributed by atoms with van der Waals surface area (Å²) in [5, 5.41) is 41.3. The van der Waals surface area contributed by atoms with Crippen LogP contribution in [0.3, 0.4) is 0 Å². The van der Waals surface area contributed by atoms with Crippen LogP contribution >= 0.6 is 0 Å². The van der Waals surface area contributed by atoms with Crippen LogP contribution in [0.15, 0.2) is 165 Å². The third kappa shape index (κ3) is 32.0. The van der Waals surface area contributed by atoms with Gasteiger partial charge in [0, 0.05) is 137 Å². The summed E-state index contributed by atoms with van der Waals surface area (Å²) in [7, 11) is -10.6. The van der Waals surface area contributed by atoms with Gasteiger partial charge in [0.1, 0.15) is 30.6 Å². The number of aliphatic hydroxyl groups is 3. The molecule has 3 amide bonds. The van der Waals surface area contributed by atoms with Crippen LogP contribution < -0.4 is 15.5 Å². The molecule has 4 aromatic rings. The third-order valence-corrected chi connectivity index (χ3v) is 29.9. The van der Waals surface area contributed by atoms with Crippen molar-refractivity contribution < 1.29 is 138 Å². The van der Waals surface area contributed by atoms with E-state index in [0.717, 1.165) is 112 Å². The second-order valence-electron chi connectivity index (χ2n) is 39.3. The number of carbonyl (C=O) groups excluding carboxylic acids is 6. The number of ketones is 2. The van der Waals surface area contributed by atoms with Gasteiger partial charge in [0.2, 0.25) is 11.5 Å². The molecule has 14 atom stereocenters. The highest BCUT2D eigenvalue weighted by Gasteiger charge is 2.57. The molecule has 7 aliphatic rings. The summed E-state index contributed by atoms with van der Waals surface area (Å²) in [4.78, 5) is 89.0. The zero-order valence-electron chi connectivity index (χ0n) is 85.1. The number of allylic oxidation sites excluding steroid dienone is 12. The van der Waals surface area contributed by atoms with E-state index in [4.69, 9.17) is 63.1 Å². The van der Waals surface area contributed by atoms with Crippen molar-refractivity contribution in [1.29, 1.82) is 0 Å². The molecular weight excluding hydrogens is 1940 g/mol. The summed E-state index contributed by atoms with van der Waals surface area (Å²) in [5.41, 5.74) is 11.4. The Morgan fingerprint density at radius 3 is 1.81 bits per heavy atom. The van der Waals surface area contributed by atoms with Crippen molar-refractivity contribution in [1.82, 2.24) is 15.5 Å². The third-order valence-electron chi connectivity index (χ3n) is 28.2. The number of hydrogen-bond donors (Lipinski definition) is 7. The Kier molecular flexibility index (Phi) is 45.0. The number of nitrogens with zero attached hydrogens (tertiary/aromatic N) is 3. The molecule has 34 nitrogen and oxygen atoms in total. The summed E-state index contributed by atoms with van der Waals surface area (Å²) in [6.45, 7) is 26.0. The van der Waals surface area contributed by atoms with Gasteiger partial charge in [-0.05, 0) is 242 Å². The second-order valence-corrected chi connectivity index (χ2v) is 43.0. The summed E-state index contributed by atoms with van der Waals surface area (Å²) < 4.78 is 171. The van der Waals surface area contributed by atoms with Gasteiger partial charge in [-0.25, -0.2) is 4.79 Å². The van der Waals surface area contributed by atoms with Gasteiger partial charge < -0.3 is 73.6 Å². The number of anilines is 1. The zero-order valence-corrected chi connectivity index (χ0v) is 88.4. The highest BCUT2D eigenvalue weighted by atomic mass is 32.2. The summed E-state index contributed by atoms with van der Waals surface area (Å²) >= 11 is 0. The molecule has 0 radical (unpaired) electrons. The number of piperidine rings is 1. The van der Waals surface area contributed by atoms with Crippen LogP contribution in [-0.4, -0.2) is 265 Å². The molecule has 1 saturated carbocycles. The van der Waals surface area contributed by atoms with Gasteiger partial charge >= 0.3 is 27.2 Å². The van der Waals surface area contributed by atoms with Crippen molar-refractivity contribution in [3.8, 4) is 0 Å². The number of benzene rings is 4. The number of nitrogens with one attached hydrogen (secondary N) is 2. The molecule has 2 unspecified atom stereocenters. The number of aliphatic hydroxyl groups excluding tert-OH is 2. The SMILES string of the molecule is CCCCN1C(=CC=C2CCCC(C=CC3=[N+](CCCC)c4ccc(S(=O)(=O)O)cc4C3(C)C)=C2c2ccc(C(=O)NCCCOCCOCCOCCCNC(=O)c3ccc(/C=C/C[C@H]4/C=C(/C)C[C@@H](C)C[C@@H](OC)[C@@H]5O[C@@](O)(C(=O)C(=O)N6CCCCC6C(=O)O[C@H](/C(C)=C/C6CC[C@@H](O)[C@H](OC)C6)[C@H](C)[C@@H](O)CC4=O)[C@H](C)C[C@@H]5OC)cc3)cc2)C(C)(C)c2cc(S(=O)(=O)O)ccc21.O=S(=O)=O.O=S(=O)=O. The molecule has 2 saturated heterocycles. The van der Waals surface area contributed by atoms with E-state index in [9.17, 15) is 70.0 Å². The molecule has 144 heavy (non-hydrogen) atoms. The van der Waals surface area contributed by atoms with Gasteiger partial charge in [-0.3, -0.25) is 33.1 Å². The number of cyclic esters (lactones) is 1. The number of Topliss-reactive ketones (excluding diaryl/α,β-unsaturated/α-hetero) is 2. The van der Waals surface area contributed by atoms with E-state index in [1.165, 1.54) is 31.3 Å². The highest BCUT2D eigenvalue weighted by Crippen LogP contribution is 2.51. The van der Waals surface area contributed by atoms with Crippen molar-refractivity contribution in [3.63, 3.8) is 0 Å². The number of ether oxygens (including phenoxy) is 8. The van der Waals surface area contributed by atoms with Crippen LogP contribution in [0.25, 0.3) is 11.6 Å². The zero-order chi connectivity index (χ0) is 106. The van der Waals surface area contributed by atoms with Crippen molar-refractivity contribution >= 4 is 105 Å². The molecule has 5 aliphatic heterocycles. The van der Waals surface area contributed by atoms with Gasteiger partial charge in [-0.1, -0.05) is 128 Å². The van der Waals surface area contributed by atoms with Gasteiger partial charge in [-0.15, -0.1) is 25.3 Å². The fourth-order valence-electron chi connectivity index (χ4n) is 20.4. The molecule has 3 fully saturated rings. The molecule has 792 valence electrons. The van der Waals surface area contributed by atoms with E-state index in [-0.39, 0.29) is 71.5 Å². The van der Waals surface area contributed by atoms with Crippen molar-refractivity contribution in [3.05, 3.63) is 189 Å². The van der Waals surface area contributed by atoms with Crippen LogP contribution in [0.2, 0.25) is 0 Å². The number of esters is 1. The van der Waals surface area contributed by atoms with E-state index < -0.39 is 142 Å². The normalized spacial score (nSPS) is 26.1. The Balaban J connectivity index is 0.00000278. The lowest BCUT2D eigenvalue weighted by Gasteiger charge is -2.47. The standard InChI is InChI=1S/C106H145N5O23S2.2O3S/c1-15-17-50-109-85-43-41-81(135(121,122)123)65-83(85)104(8,9)94(109)46-39-75-26-22-27-76(40-47-95-105(10,11)84-66-82(136(124,125)126)42-44-86(84)110(95)51-18-16-2)96(75)77-35-37-79(38-36-77)101(117)108-49-24-54-131-56-58-132-57-55-130-53-23-48-107-100(116)78-33-30-73(31-34-78)25-21-28-80-60-68(3)59-69(4)61-92(128-13)98-93(129-14)63-71(6)106(120,134-98)99(115)102(118)111-52-20-19-29-87(111)103(119)133-97(72(7)89(113)67-90(80)114)70(5)62-74-32-45-88(112)91(64-74)127-12;2*1-4(2)3/h21,25,30-31,33-44,46-47,60,62,65-66,69,71-72,74,80,87-89,91-93,97-98,112-113,120H,15-20,22-24,26-29,32,45,48-59,61,63-64,67H2,1-14H3,(H3-,107,108,116,117,121,122,123,124,125,126);;/p+1/b25-21+,68-60-,70-62+;;/t69-,71-,72-,74?,80+,87?,88-,89+,91-,92-,93+,97-,98+,106-;;/m1../s1. The number of fused-ring (bicyclic) bond motifs is 5. The largest absolute Gasteiger partial charge is 0.456 e. The molecule has 2 bridgehead atoms. The number of carbonyl (C=O) groups is 6. The highest BCUT2D eigenvalue weighted by molar-refractivity contribution is 7.86. The second kappa shape index (κ2) is 54.9. The molecular formula is C106H146N5O29S4+. The predicted octanol–water partition coefficient (Wildman–Crippen LogP) is 13.4. The molecule has 5 heterocycles. The first-order chi connectivity index (χ1) is 68.2. The van der Waals surface area contributed by atoms with Crippen LogP contribution in [0.4, 0.5) is 11.4 Å². The predicted molar refractivity (Wildman–Crippen MR) is 542 cm³/mol.